The molecule has 0 aliphatic carbocycles. The number of primary amides is 1. The highest BCUT2D eigenvalue weighted by Crippen LogP contribution is 2.13. The molecule has 0 spiro atoms. The predicted octanol–water partition coefficient (Wildman–Crippen LogP) is 0.947. The summed E-state index contributed by atoms with van der Waals surface area (Å²) in [4.78, 5) is 15.1. The van der Waals surface area contributed by atoms with Gasteiger partial charge in [0.1, 0.15) is 5.56 Å². The van der Waals surface area contributed by atoms with Gasteiger partial charge in [-0.25, -0.2) is 4.98 Å². The molecule has 0 saturated carbocycles. The second-order valence-electron chi connectivity index (χ2n) is 4.03. The summed E-state index contributed by atoms with van der Waals surface area (Å²) < 4.78 is 5.43. The van der Waals surface area contributed by atoms with Crippen LogP contribution in [0, 0.1) is 0 Å². The van der Waals surface area contributed by atoms with E-state index in [0.717, 1.165) is 13.0 Å². The number of hydrogen-bond acceptors (Lipinski definition) is 4. The molecule has 3 N–H and O–H groups in total. The number of hydrogen-bond donors (Lipinski definition) is 2. The van der Waals surface area contributed by atoms with Gasteiger partial charge in [0.15, 0.2) is 0 Å². The summed E-state index contributed by atoms with van der Waals surface area (Å²) in [6.07, 6.45) is 2.43. The maximum Gasteiger partial charge on any atom is 0.254 e. The van der Waals surface area contributed by atoms with Crippen LogP contribution in [0.5, 0.6) is 5.88 Å². The van der Waals surface area contributed by atoms with Crippen molar-refractivity contribution in [1.29, 1.82) is 0 Å². The first kappa shape index (κ1) is 13.4. The average molecular weight is 237 g/mol. The second kappa shape index (κ2) is 6.85. The summed E-state index contributed by atoms with van der Waals surface area (Å²) in [7, 11) is 0. The zero-order valence-corrected chi connectivity index (χ0v) is 10.3. The molecular formula is C12H19N3O2. The van der Waals surface area contributed by atoms with Crippen molar-refractivity contribution in [2.75, 3.05) is 13.2 Å². The third kappa shape index (κ3) is 4.82. The maximum atomic E-state index is 11.1. The molecule has 0 radical (unpaired) electrons. The SMILES string of the molecule is CC(C)NCCCOc1ncccc1C(N)=O. The number of ether oxygens (including phenoxy) is 1. The lowest BCUT2D eigenvalue weighted by Gasteiger charge is -2.10. The molecule has 1 aromatic rings. The van der Waals surface area contributed by atoms with Crippen LogP contribution in [0.15, 0.2) is 18.3 Å². The Morgan fingerprint density at radius 3 is 3.00 bits per heavy atom. The maximum absolute atomic E-state index is 11.1. The molecule has 0 aliphatic rings. The van der Waals surface area contributed by atoms with Crippen molar-refractivity contribution in [3.63, 3.8) is 0 Å². The second-order valence-corrected chi connectivity index (χ2v) is 4.03. The fourth-order valence-electron chi connectivity index (χ4n) is 1.33. The van der Waals surface area contributed by atoms with E-state index in [1.807, 2.05) is 0 Å². The van der Waals surface area contributed by atoms with Gasteiger partial charge in [-0.3, -0.25) is 4.79 Å². The van der Waals surface area contributed by atoms with E-state index in [-0.39, 0.29) is 0 Å². The van der Waals surface area contributed by atoms with Gasteiger partial charge in [-0.05, 0) is 25.1 Å². The first-order valence-electron chi connectivity index (χ1n) is 5.72. The van der Waals surface area contributed by atoms with E-state index in [2.05, 4.69) is 24.1 Å². The summed E-state index contributed by atoms with van der Waals surface area (Å²) in [5.74, 6) is -0.210. The van der Waals surface area contributed by atoms with Gasteiger partial charge in [-0.1, -0.05) is 13.8 Å². The lowest BCUT2D eigenvalue weighted by molar-refractivity contribution is 0.0995. The highest BCUT2D eigenvalue weighted by atomic mass is 16.5. The summed E-state index contributed by atoms with van der Waals surface area (Å²) in [6.45, 7) is 5.56. The Morgan fingerprint density at radius 2 is 2.35 bits per heavy atom. The molecule has 0 saturated heterocycles. The minimum atomic E-state index is -0.520. The topological polar surface area (TPSA) is 77.2 Å². The number of carbonyl (C=O) groups excluding carboxylic acids is 1. The molecule has 1 rings (SSSR count). The predicted molar refractivity (Wildman–Crippen MR) is 66.0 cm³/mol. The van der Waals surface area contributed by atoms with Crippen molar-refractivity contribution in [2.45, 2.75) is 26.3 Å². The largest absolute Gasteiger partial charge is 0.477 e. The molecular weight excluding hydrogens is 218 g/mol. The quantitative estimate of drug-likeness (QED) is 0.692. The lowest BCUT2D eigenvalue weighted by atomic mass is 10.2. The average Bonchev–Trinajstić information content (AvgIpc) is 2.28. The first-order chi connectivity index (χ1) is 8.11. The van der Waals surface area contributed by atoms with Crippen LogP contribution in [0.2, 0.25) is 0 Å². The van der Waals surface area contributed by atoms with Crippen LogP contribution in [0.1, 0.15) is 30.6 Å². The van der Waals surface area contributed by atoms with Crippen LogP contribution in [0.25, 0.3) is 0 Å². The molecule has 0 aromatic carbocycles. The number of nitrogens with two attached hydrogens (primary N) is 1. The van der Waals surface area contributed by atoms with Crippen LogP contribution in [0.4, 0.5) is 0 Å². The van der Waals surface area contributed by atoms with Gasteiger partial charge in [0.25, 0.3) is 5.91 Å². The Morgan fingerprint density at radius 1 is 1.59 bits per heavy atom. The summed E-state index contributed by atoms with van der Waals surface area (Å²) >= 11 is 0. The molecule has 1 aromatic heterocycles. The smallest absolute Gasteiger partial charge is 0.254 e. The number of nitrogens with one attached hydrogen (secondary N) is 1. The van der Waals surface area contributed by atoms with Crippen molar-refractivity contribution < 1.29 is 9.53 Å². The molecule has 0 bridgehead atoms. The van der Waals surface area contributed by atoms with Gasteiger partial charge < -0.3 is 15.8 Å². The van der Waals surface area contributed by atoms with Crippen molar-refractivity contribution in [2.24, 2.45) is 5.73 Å². The molecule has 5 heteroatoms. The summed E-state index contributed by atoms with van der Waals surface area (Å²) in [6, 6.07) is 3.73. The zero-order chi connectivity index (χ0) is 12.7. The van der Waals surface area contributed by atoms with Crippen LogP contribution in [-0.2, 0) is 0 Å². The van der Waals surface area contributed by atoms with Crippen LogP contribution in [0.3, 0.4) is 0 Å². The number of pyridine rings is 1. The van der Waals surface area contributed by atoms with E-state index in [9.17, 15) is 4.79 Å². The van der Waals surface area contributed by atoms with E-state index in [1.165, 1.54) is 0 Å². The van der Waals surface area contributed by atoms with Crippen LogP contribution in [-0.4, -0.2) is 30.1 Å². The molecule has 0 aliphatic heterocycles. The molecule has 1 heterocycles. The number of amides is 1. The Balaban J connectivity index is 2.39. The summed E-state index contributed by atoms with van der Waals surface area (Å²) in [5, 5.41) is 3.28. The monoisotopic (exact) mass is 237 g/mol. The van der Waals surface area contributed by atoms with Gasteiger partial charge in [-0.15, -0.1) is 0 Å². The standard InChI is InChI=1S/C12H19N3O2/c1-9(2)14-7-4-8-17-12-10(11(13)16)5-3-6-15-12/h3,5-6,9,14H,4,7-8H2,1-2H3,(H2,13,16). The van der Waals surface area contributed by atoms with Gasteiger partial charge in [0.05, 0.1) is 6.61 Å². The molecule has 0 fully saturated rings. The number of nitrogens with zero attached hydrogens (tertiary/aromatic N) is 1. The highest BCUT2D eigenvalue weighted by Gasteiger charge is 2.09. The first-order valence-corrected chi connectivity index (χ1v) is 5.72. The number of carbonyl (C=O) groups is 1. The van der Waals surface area contributed by atoms with E-state index in [4.69, 9.17) is 10.5 Å². The minimum Gasteiger partial charge on any atom is -0.477 e. The Bertz CT molecular complexity index is 367. The van der Waals surface area contributed by atoms with Gasteiger partial charge in [-0.2, -0.15) is 0 Å². The fraction of sp³-hybridized carbons (Fsp3) is 0.500. The van der Waals surface area contributed by atoms with Crippen molar-refractivity contribution >= 4 is 5.91 Å². The third-order valence-electron chi connectivity index (χ3n) is 2.15. The molecule has 17 heavy (non-hydrogen) atoms. The summed E-state index contributed by atoms with van der Waals surface area (Å²) in [5.41, 5.74) is 5.54. The molecule has 94 valence electrons. The van der Waals surface area contributed by atoms with E-state index in [1.54, 1.807) is 18.3 Å². The Kier molecular flexibility index (Phi) is 5.42. The Labute approximate surface area is 101 Å². The molecule has 0 unspecified atom stereocenters. The van der Waals surface area contributed by atoms with E-state index < -0.39 is 5.91 Å². The number of aromatic nitrogens is 1. The fourth-order valence-corrected chi connectivity index (χ4v) is 1.33. The zero-order valence-electron chi connectivity index (χ0n) is 10.3. The van der Waals surface area contributed by atoms with Gasteiger partial charge in [0.2, 0.25) is 5.88 Å². The number of rotatable bonds is 7. The van der Waals surface area contributed by atoms with E-state index in [0.29, 0.717) is 24.1 Å². The molecule has 0 atom stereocenters. The normalized spacial score (nSPS) is 10.5. The van der Waals surface area contributed by atoms with Gasteiger partial charge in [0, 0.05) is 12.2 Å². The Hall–Kier alpha value is -1.62. The molecule has 1 amide bonds. The van der Waals surface area contributed by atoms with E-state index >= 15 is 0 Å². The molecule has 5 nitrogen and oxygen atoms in total. The van der Waals surface area contributed by atoms with Crippen LogP contribution >= 0.6 is 0 Å². The minimum absolute atomic E-state index is 0.310. The van der Waals surface area contributed by atoms with Crippen LogP contribution < -0.4 is 15.8 Å². The third-order valence-corrected chi connectivity index (χ3v) is 2.15. The van der Waals surface area contributed by atoms with Crippen molar-refractivity contribution in [1.82, 2.24) is 10.3 Å². The highest BCUT2D eigenvalue weighted by molar-refractivity contribution is 5.94. The van der Waals surface area contributed by atoms with Gasteiger partial charge >= 0.3 is 0 Å². The van der Waals surface area contributed by atoms with Crippen molar-refractivity contribution in [3.05, 3.63) is 23.9 Å². The lowest BCUT2D eigenvalue weighted by Crippen LogP contribution is -2.25. The van der Waals surface area contributed by atoms with Crippen molar-refractivity contribution in [3.8, 4) is 5.88 Å².